The van der Waals surface area contributed by atoms with Crippen LogP contribution in [0.2, 0.25) is 0 Å². The van der Waals surface area contributed by atoms with E-state index >= 15 is 0 Å². The Bertz CT molecular complexity index is 527. The molecule has 4 nitrogen and oxygen atoms in total. The Morgan fingerprint density at radius 3 is 2.79 bits per heavy atom. The molecule has 2 heterocycles. The van der Waals surface area contributed by atoms with Crippen LogP contribution in [0.4, 0.5) is 9.18 Å². The van der Waals surface area contributed by atoms with Gasteiger partial charge in [-0.2, -0.15) is 0 Å². The minimum absolute atomic E-state index is 0.166. The molecule has 1 aromatic carbocycles. The quantitative estimate of drug-likeness (QED) is 0.863. The molecule has 102 valence electrons. The number of aliphatic hydroxyl groups excluding tert-OH is 1. The summed E-state index contributed by atoms with van der Waals surface area (Å²) in [7, 11) is 0. The molecule has 1 amide bonds. The van der Waals surface area contributed by atoms with E-state index in [0.29, 0.717) is 5.56 Å². The molecule has 0 radical (unpaired) electrons. The number of fused-ring (bicyclic) bond motifs is 1. The summed E-state index contributed by atoms with van der Waals surface area (Å²) in [5, 5.41) is 19.7. The predicted molar refractivity (Wildman–Crippen MR) is 66.1 cm³/mol. The Morgan fingerprint density at radius 2 is 2.21 bits per heavy atom. The largest absolute Gasteiger partial charge is 0.465 e. The van der Waals surface area contributed by atoms with Gasteiger partial charge in [0.1, 0.15) is 5.82 Å². The number of amides is 1. The summed E-state index contributed by atoms with van der Waals surface area (Å²) in [6.45, 7) is 1.90. The molecule has 2 N–H and O–H groups in total. The van der Waals surface area contributed by atoms with Crippen molar-refractivity contribution >= 4 is 6.09 Å². The summed E-state index contributed by atoms with van der Waals surface area (Å²) in [6.07, 6.45) is -0.434. The molecule has 1 aliphatic carbocycles. The highest BCUT2D eigenvalue weighted by Crippen LogP contribution is 2.57. The third-order valence-electron chi connectivity index (χ3n) is 4.49. The van der Waals surface area contributed by atoms with Gasteiger partial charge >= 0.3 is 6.09 Å². The summed E-state index contributed by atoms with van der Waals surface area (Å²) in [4.78, 5) is 12.8. The van der Waals surface area contributed by atoms with Crippen LogP contribution in [0.25, 0.3) is 0 Å². The van der Waals surface area contributed by atoms with E-state index in [9.17, 15) is 19.4 Å². The van der Waals surface area contributed by atoms with Crippen LogP contribution >= 0.6 is 0 Å². The smallest absolute Gasteiger partial charge is 0.408 e. The summed E-state index contributed by atoms with van der Waals surface area (Å²) < 4.78 is 13.2. The van der Waals surface area contributed by atoms with Crippen LogP contribution < -0.4 is 0 Å². The molecule has 5 heteroatoms. The Morgan fingerprint density at radius 1 is 1.53 bits per heavy atom. The van der Waals surface area contributed by atoms with Crippen molar-refractivity contribution in [3.05, 3.63) is 35.6 Å². The first kappa shape index (κ1) is 12.4. The van der Waals surface area contributed by atoms with E-state index in [1.165, 1.54) is 23.1 Å². The van der Waals surface area contributed by atoms with E-state index in [1.807, 2.05) is 6.92 Å². The van der Waals surface area contributed by atoms with Gasteiger partial charge in [-0.05, 0) is 43.4 Å². The molecule has 1 unspecified atom stereocenters. The normalized spacial score (nSPS) is 33.9. The van der Waals surface area contributed by atoms with Gasteiger partial charge < -0.3 is 10.2 Å². The number of rotatable bonds is 2. The predicted octanol–water partition coefficient (Wildman–Crippen LogP) is 2.39. The van der Waals surface area contributed by atoms with Crippen LogP contribution in [0.15, 0.2) is 24.3 Å². The van der Waals surface area contributed by atoms with E-state index in [-0.39, 0.29) is 11.5 Å². The highest BCUT2D eigenvalue weighted by molar-refractivity contribution is 5.68. The first-order valence-electron chi connectivity index (χ1n) is 6.38. The highest BCUT2D eigenvalue weighted by Gasteiger charge is 2.62. The Hall–Kier alpha value is -1.62. The lowest BCUT2D eigenvalue weighted by Gasteiger charge is -2.37. The van der Waals surface area contributed by atoms with E-state index in [4.69, 9.17) is 0 Å². The minimum Gasteiger partial charge on any atom is -0.465 e. The standard InChI is InChI=1S/C14H16FNO3/c1-14-6-9(7-14)11(16(14)13(18)19)12(17)8-3-2-4-10(15)5-8/h2-5,9,11-12,17H,6-7H2,1H3,(H,18,19)/t9?,11-,12?,14?/m1/s1. The van der Waals surface area contributed by atoms with Crippen molar-refractivity contribution in [3.8, 4) is 0 Å². The van der Waals surface area contributed by atoms with Crippen LogP contribution in [-0.2, 0) is 0 Å². The Kier molecular flexibility index (Phi) is 2.57. The number of benzene rings is 1. The molecule has 1 aromatic rings. The maximum atomic E-state index is 13.2. The van der Waals surface area contributed by atoms with Gasteiger partial charge in [0.2, 0.25) is 0 Å². The van der Waals surface area contributed by atoms with E-state index in [2.05, 4.69) is 0 Å². The van der Waals surface area contributed by atoms with Crippen LogP contribution in [0, 0.1) is 11.7 Å². The number of aliphatic hydroxyl groups is 1. The van der Waals surface area contributed by atoms with Gasteiger partial charge in [-0.3, -0.25) is 4.90 Å². The summed E-state index contributed by atoms with van der Waals surface area (Å²) in [5.74, 6) is -0.255. The maximum absolute atomic E-state index is 13.2. The molecular weight excluding hydrogens is 249 g/mol. The first-order chi connectivity index (χ1) is 8.92. The molecule has 19 heavy (non-hydrogen) atoms. The van der Waals surface area contributed by atoms with Gasteiger partial charge in [0.05, 0.1) is 12.1 Å². The fourth-order valence-electron chi connectivity index (χ4n) is 3.72. The van der Waals surface area contributed by atoms with Crippen molar-refractivity contribution in [3.63, 3.8) is 0 Å². The summed E-state index contributed by atoms with van der Waals surface area (Å²) in [6, 6.07) is 5.26. The lowest BCUT2D eigenvalue weighted by Crippen LogP contribution is -2.47. The van der Waals surface area contributed by atoms with Crippen LogP contribution in [0.3, 0.4) is 0 Å². The Labute approximate surface area is 110 Å². The number of hydrogen-bond acceptors (Lipinski definition) is 2. The molecule has 3 aliphatic rings. The average Bonchev–Trinajstić information content (AvgIpc) is 2.76. The zero-order chi connectivity index (χ0) is 13.8. The van der Waals surface area contributed by atoms with Gasteiger partial charge in [-0.1, -0.05) is 12.1 Å². The number of nitrogens with zero attached hydrogens (tertiary/aromatic N) is 1. The number of hydrogen-bond donors (Lipinski definition) is 2. The van der Waals surface area contributed by atoms with Crippen LogP contribution in [0.5, 0.6) is 0 Å². The van der Waals surface area contributed by atoms with Crippen molar-refractivity contribution in [2.24, 2.45) is 5.92 Å². The number of halogens is 1. The molecular formula is C14H16FNO3. The Balaban J connectivity index is 1.92. The van der Waals surface area contributed by atoms with Gasteiger partial charge in [-0.15, -0.1) is 0 Å². The van der Waals surface area contributed by atoms with Crippen molar-refractivity contribution in [1.82, 2.24) is 4.90 Å². The van der Waals surface area contributed by atoms with Crippen molar-refractivity contribution < 1.29 is 19.4 Å². The third kappa shape index (κ3) is 1.72. The van der Waals surface area contributed by atoms with E-state index in [1.54, 1.807) is 6.07 Å². The minimum atomic E-state index is -1.01. The van der Waals surface area contributed by atoms with Crippen LogP contribution in [-0.4, -0.2) is 32.8 Å². The second-order valence-corrected chi connectivity index (χ2v) is 5.81. The van der Waals surface area contributed by atoms with E-state index < -0.39 is 24.1 Å². The lowest BCUT2D eigenvalue weighted by molar-refractivity contribution is 0.0514. The maximum Gasteiger partial charge on any atom is 0.408 e. The second-order valence-electron chi connectivity index (χ2n) is 5.81. The topological polar surface area (TPSA) is 60.8 Å². The fraction of sp³-hybridized carbons (Fsp3) is 0.500. The molecule has 2 bridgehead atoms. The summed E-state index contributed by atoms with van der Waals surface area (Å²) in [5.41, 5.74) is 0.0718. The summed E-state index contributed by atoms with van der Waals surface area (Å²) >= 11 is 0. The van der Waals surface area contributed by atoms with Crippen molar-refractivity contribution in [1.29, 1.82) is 0 Å². The van der Waals surface area contributed by atoms with Gasteiger partial charge in [0.25, 0.3) is 0 Å². The van der Waals surface area contributed by atoms with Gasteiger partial charge in [0, 0.05) is 5.54 Å². The third-order valence-corrected chi connectivity index (χ3v) is 4.49. The molecule has 2 aliphatic heterocycles. The molecule has 2 atom stereocenters. The molecule has 2 saturated heterocycles. The van der Waals surface area contributed by atoms with Gasteiger partial charge in [-0.25, -0.2) is 9.18 Å². The second kappa shape index (κ2) is 3.93. The average molecular weight is 265 g/mol. The van der Waals surface area contributed by atoms with E-state index in [0.717, 1.165) is 12.8 Å². The van der Waals surface area contributed by atoms with Gasteiger partial charge in [0.15, 0.2) is 0 Å². The zero-order valence-electron chi connectivity index (χ0n) is 10.6. The molecule has 3 fully saturated rings. The molecule has 0 aromatic heterocycles. The highest BCUT2D eigenvalue weighted by atomic mass is 19.1. The fourth-order valence-corrected chi connectivity index (χ4v) is 3.72. The monoisotopic (exact) mass is 265 g/mol. The molecule has 4 rings (SSSR count). The first-order valence-corrected chi connectivity index (χ1v) is 6.38. The van der Waals surface area contributed by atoms with Crippen molar-refractivity contribution in [2.75, 3.05) is 0 Å². The lowest BCUT2D eigenvalue weighted by atomic mass is 9.72. The number of carboxylic acid groups (broad SMARTS) is 1. The number of carbonyl (C=O) groups is 1. The molecule has 0 spiro atoms. The zero-order valence-corrected chi connectivity index (χ0v) is 10.6. The molecule has 1 saturated carbocycles. The van der Waals surface area contributed by atoms with Crippen molar-refractivity contribution in [2.45, 2.75) is 37.5 Å². The SMILES string of the molecule is CC12CC(C1)[C@H](C(O)c1cccc(F)c1)N2C(=O)O. The van der Waals surface area contributed by atoms with Crippen LogP contribution in [0.1, 0.15) is 31.4 Å².